The van der Waals surface area contributed by atoms with Gasteiger partial charge < -0.3 is 15.4 Å². The lowest BCUT2D eigenvalue weighted by molar-refractivity contribution is 0.0902. The van der Waals surface area contributed by atoms with Gasteiger partial charge in [-0.2, -0.15) is 0 Å². The fourth-order valence-electron chi connectivity index (χ4n) is 2.92. The number of rotatable bonds is 5. The van der Waals surface area contributed by atoms with Gasteiger partial charge in [-0.25, -0.2) is 0 Å². The molecule has 2 N–H and O–H groups in total. The second-order valence-corrected chi connectivity index (χ2v) is 5.96. The fraction of sp³-hybridized carbons (Fsp3) is 0.625. The summed E-state index contributed by atoms with van der Waals surface area (Å²) in [6.07, 6.45) is 2.44. The molecule has 19 heavy (non-hydrogen) atoms. The third-order valence-corrected chi connectivity index (χ3v) is 4.09. The van der Waals surface area contributed by atoms with Gasteiger partial charge in [-0.05, 0) is 44.3 Å². The van der Waals surface area contributed by atoms with Crippen molar-refractivity contribution in [2.45, 2.75) is 25.3 Å². The first kappa shape index (κ1) is 14.5. The third-order valence-electron chi connectivity index (χ3n) is 4.09. The summed E-state index contributed by atoms with van der Waals surface area (Å²) >= 11 is 0. The SMILES string of the molecule is COCC1CCN(CC(C)(N)c2ccccc2)CC1. The standard InChI is InChI=1S/C16H26N2O/c1-16(17,15-6-4-3-5-7-15)13-18-10-8-14(9-11-18)12-19-2/h3-7,14H,8-13,17H2,1-2H3. The van der Waals surface area contributed by atoms with Gasteiger partial charge in [0.1, 0.15) is 0 Å². The predicted octanol–water partition coefficient (Wildman–Crippen LogP) is 2.22. The molecule has 0 radical (unpaired) electrons. The van der Waals surface area contributed by atoms with Crippen molar-refractivity contribution < 1.29 is 4.74 Å². The van der Waals surface area contributed by atoms with Crippen LogP contribution in [0.5, 0.6) is 0 Å². The zero-order chi connectivity index (χ0) is 13.7. The zero-order valence-electron chi connectivity index (χ0n) is 12.1. The molecular formula is C16H26N2O. The highest BCUT2D eigenvalue weighted by Gasteiger charge is 2.27. The maximum atomic E-state index is 6.50. The molecule has 3 nitrogen and oxygen atoms in total. The Bertz CT molecular complexity index is 370. The third kappa shape index (κ3) is 4.03. The largest absolute Gasteiger partial charge is 0.384 e. The normalized spacial score (nSPS) is 21.2. The summed E-state index contributed by atoms with van der Waals surface area (Å²) in [5, 5.41) is 0. The van der Waals surface area contributed by atoms with Gasteiger partial charge in [-0.1, -0.05) is 30.3 Å². The Kier molecular flexibility index (Phi) is 4.97. The molecule has 0 amide bonds. The minimum absolute atomic E-state index is 0.268. The maximum absolute atomic E-state index is 6.50. The van der Waals surface area contributed by atoms with E-state index in [9.17, 15) is 0 Å². The molecule has 1 unspecified atom stereocenters. The van der Waals surface area contributed by atoms with Crippen LogP contribution in [0.2, 0.25) is 0 Å². The summed E-state index contributed by atoms with van der Waals surface area (Å²) < 4.78 is 5.24. The molecule has 0 saturated carbocycles. The van der Waals surface area contributed by atoms with E-state index < -0.39 is 0 Å². The van der Waals surface area contributed by atoms with E-state index in [-0.39, 0.29) is 5.54 Å². The van der Waals surface area contributed by atoms with Crippen LogP contribution in [0, 0.1) is 5.92 Å². The van der Waals surface area contributed by atoms with Crippen molar-refractivity contribution in [1.82, 2.24) is 4.90 Å². The highest BCUT2D eigenvalue weighted by molar-refractivity contribution is 5.23. The van der Waals surface area contributed by atoms with E-state index in [0.717, 1.165) is 32.2 Å². The molecule has 1 atom stereocenters. The number of hydrogen-bond donors (Lipinski definition) is 1. The molecule has 1 heterocycles. The molecular weight excluding hydrogens is 236 g/mol. The average molecular weight is 262 g/mol. The maximum Gasteiger partial charge on any atom is 0.0509 e. The Morgan fingerprint density at radius 3 is 2.47 bits per heavy atom. The van der Waals surface area contributed by atoms with Crippen molar-refractivity contribution in [1.29, 1.82) is 0 Å². The molecule has 0 aromatic heterocycles. The molecule has 0 bridgehead atoms. The van der Waals surface area contributed by atoms with Crippen LogP contribution in [-0.4, -0.2) is 38.3 Å². The summed E-state index contributed by atoms with van der Waals surface area (Å²) in [5.74, 6) is 0.724. The highest BCUT2D eigenvalue weighted by Crippen LogP contribution is 2.23. The molecule has 0 spiro atoms. The number of hydrogen-bond acceptors (Lipinski definition) is 3. The minimum Gasteiger partial charge on any atom is -0.384 e. The summed E-state index contributed by atoms with van der Waals surface area (Å²) in [6.45, 7) is 6.22. The van der Waals surface area contributed by atoms with E-state index in [4.69, 9.17) is 10.5 Å². The number of methoxy groups -OCH3 is 1. The number of ether oxygens (including phenoxy) is 1. The molecule has 1 aromatic carbocycles. The van der Waals surface area contributed by atoms with E-state index in [1.54, 1.807) is 7.11 Å². The monoisotopic (exact) mass is 262 g/mol. The van der Waals surface area contributed by atoms with Crippen molar-refractivity contribution in [3.8, 4) is 0 Å². The summed E-state index contributed by atoms with van der Waals surface area (Å²) in [6, 6.07) is 10.4. The van der Waals surface area contributed by atoms with Crippen LogP contribution >= 0.6 is 0 Å². The highest BCUT2D eigenvalue weighted by atomic mass is 16.5. The minimum atomic E-state index is -0.268. The Balaban J connectivity index is 1.88. The Hall–Kier alpha value is -0.900. The van der Waals surface area contributed by atoms with Crippen molar-refractivity contribution in [3.63, 3.8) is 0 Å². The first-order valence-corrected chi connectivity index (χ1v) is 7.17. The molecule has 0 aliphatic carbocycles. The second kappa shape index (κ2) is 6.51. The van der Waals surface area contributed by atoms with Gasteiger partial charge in [0.25, 0.3) is 0 Å². The van der Waals surface area contributed by atoms with Crippen LogP contribution in [0.15, 0.2) is 30.3 Å². The molecule has 1 saturated heterocycles. The quantitative estimate of drug-likeness (QED) is 0.884. The van der Waals surface area contributed by atoms with Crippen LogP contribution in [-0.2, 0) is 10.3 Å². The van der Waals surface area contributed by atoms with Crippen LogP contribution in [0.3, 0.4) is 0 Å². The fourth-order valence-corrected chi connectivity index (χ4v) is 2.92. The van der Waals surface area contributed by atoms with Crippen molar-refractivity contribution >= 4 is 0 Å². The van der Waals surface area contributed by atoms with Crippen LogP contribution in [0.1, 0.15) is 25.3 Å². The molecule has 2 rings (SSSR count). The van der Waals surface area contributed by atoms with Gasteiger partial charge in [-0.15, -0.1) is 0 Å². The van der Waals surface area contributed by atoms with Crippen molar-refractivity contribution in [3.05, 3.63) is 35.9 Å². The average Bonchev–Trinajstić information content (AvgIpc) is 2.42. The first-order chi connectivity index (χ1) is 9.12. The smallest absolute Gasteiger partial charge is 0.0509 e. The Morgan fingerprint density at radius 1 is 1.26 bits per heavy atom. The lowest BCUT2D eigenvalue weighted by atomic mass is 9.90. The van der Waals surface area contributed by atoms with Gasteiger partial charge in [0, 0.05) is 20.3 Å². The summed E-state index contributed by atoms with van der Waals surface area (Å²) in [5.41, 5.74) is 7.44. The molecule has 3 heteroatoms. The van der Waals surface area contributed by atoms with E-state index in [0.29, 0.717) is 0 Å². The first-order valence-electron chi connectivity index (χ1n) is 7.17. The van der Waals surface area contributed by atoms with E-state index in [1.807, 2.05) is 6.07 Å². The number of benzene rings is 1. The van der Waals surface area contributed by atoms with Crippen LogP contribution in [0.25, 0.3) is 0 Å². The van der Waals surface area contributed by atoms with Crippen LogP contribution in [0.4, 0.5) is 0 Å². The topological polar surface area (TPSA) is 38.5 Å². The van der Waals surface area contributed by atoms with E-state index in [2.05, 4.69) is 36.1 Å². The second-order valence-electron chi connectivity index (χ2n) is 5.96. The predicted molar refractivity (Wildman–Crippen MR) is 79.0 cm³/mol. The summed E-state index contributed by atoms with van der Waals surface area (Å²) in [7, 11) is 1.79. The van der Waals surface area contributed by atoms with Gasteiger partial charge in [0.2, 0.25) is 0 Å². The van der Waals surface area contributed by atoms with E-state index in [1.165, 1.54) is 18.4 Å². The lowest BCUT2D eigenvalue weighted by Gasteiger charge is -2.37. The lowest BCUT2D eigenvalue weighted by Crippen LogP contribution is -2.48. The zero-order valence-corrected chi connectivity index (χ0v) is 12.1. The number of nitrogens with two attached hydrogens (primary N) is 1. The molecule has 1 fully saturated rings. The number of likely N-dealkylation sites (tertiary alicyclic amines) is 1. The van der Waals surface area contributed by atoms with Gasteiger partial charge in [0.05, 0.1) is 5.54 Å². The van der Waals surface area contributed by atoms with Gasteiger partial charge in [0.15, 0.2) is 0 Å². The molecule has 1 aliphatic heterocycles. The van der Waals surface area contributed by atoms with Gasteiger partial charge in [-0.3, -0.25) is 0 Å². The van der Waals surface area contributed by atoms with Gasteiger partial charge >= 0.3 is 0 Å². The van der Waals surface area contributed by atoms with Crippen LogP contribution < -0.4 is 5.73 Å². The molecule has 1 aliphatic rings. The molecule has 106 valence electrons. The number of nitrogens with zero attached hydrogens (tertiary/aromatic N) is 1. The Morgan fingerprint density at radius 2 is 1.89 bits per heavy atom. The molecule has 1 aromatic rings. The van der Waals surface area contributed by atoms with Crippen molar-refractivity contribution in [2.75, 3.05) is 33.4 Å². The number of piperidine rings is 1. The summed E-state index contributed by atoms with van der Waals surface area (Å²) in [4.78, 5) is 2.49. The Labute approximate surface area is 116 Å². The van der Waals surface area contributed by atoms with E-state index >= 15 is 0 Å². The van der Waals surface area contributed by atoms with Crippen molar-refractivity contribution in [2.24, 2.45) is 11.7 Å².